The maximum absolute atomic E-state index is 11.7. The Hall–Kier alpha value is -1.55. The highest BCUT2D eigenvalue weighted by molar-refractivity contribution is 5.95. The van der Waals surface area contributed by atoms with Crippen LogP contribution in [0.15, 0.2) is 24.3 Å². The first kappa shape index (κ1) is 12.9. The lowest BCUT2D eigenvalue weighted by molar-refractivity contribution is 0.0956. The van der Waals surface area contributed by atoms with Crippen LogP contribution < -0.4 is 16.0 Å². The molecule has 1 aromatic rings. The second-order valence-electron chi connectivity index (χ2n) is 4.63. The summed E-state index contributed by atoms with van der Waals surface area (Å²) in [5.41, 5.74) is 1.73. The minimum atomic E-state index is -0.0112. The molecule has 1 saturated heterocycles. The van der Waals surface area contributed by atoms with Crippen LogP contribution in [0.5, 0.6) is 0 Å². The molecule has 98 valence electrons. The summed E-state index contributed by atoms with van der Waals surface area (Å²) in [6, 6.07) is 8.15. The standard InChI is InChI=1S/C14H21N3O/c1-2-16-14(18)11-5-3-6-12(9-11)17-13-7-4-8-15-10-13/h3,5-6,9,13,15,17H,2,4,7-8,10H2,1H3,(H,16,18). The molecular formula is C14H21N3O. The fourth-order valence-corrected chi connectivity index (χ4v) is 2.22. The molecule has 1 aliphatic heterocycles. The second-order valence-corrected chi connectivity index (χ2v) is 4.63. The van der Waals surface area contributed by atoms with Crippen molar-refractivity contribution in [2.75, 3.05) is 25.0 Å². The van der Waals surface area contributed by atoms with E-state index in [-0.39, 0.29) is 5.91 Å². The molecule has 1 heterocycles. The van der Waals surface area contributed by atoms with Crippen LogP contribution >= 0.6 is 0 Å². The van der Waals surface area contributed by atoms with Crippen molar-refractivity contribution in [2.45, 2.75) is 25.8 Å². The van der Waals surface area contributed by atoms with Gasteiger partial charge in [-0.1, -0.05) is 6.07 Å². The number of anilines is 1. The molecule has 1 atom stereocenters. The van der Waals surface area contributed by atoms with Gasteiger partial charge in [-0.3, -0.25) is 4.79 Å². The van der Waals surface area contributed by atoms with Gasteiger partial charge in [0.15, 0.2) is 0 Å². The Bertz CT molecular complexity index is 400. The van der Waals surface area contributed by atoms with E-state index in [4.69, 9.17) is 0 Å². The molecule has 0 saturated carbocycles. The van der Waals surface area contributed by atoms with Crippen LogP contribution in [0.4, 0.5) is 5.69 Å². The molecule has 0 spiro atoms. The van der Waals surface area contributed by atoms with Gasteiger partial charge in [0.05, 0.1) is 0 Å². The molecule has 3 N–H and O–H groups in total. The summed E-state index contributed by atoms with van der Waals surface area (Å²) in [6.45, 7) is 4.68. The van der Waals surface area contributed by atoms with Crippen LogP contribution in [0.1, 0.15) is 30.1 Å². The molecule has 1 amide bonds. The number of carbonyl (C=O) groups excluding carboxylic acids is 1. The van der Waals surface area contributed by atoms with Crippen LogP contribution in [0.3, 0.4) is 0 Å². The van der Waals surface area contributed by atoms with Gasteiger partial charge in [0.25, 0.3) is 5.91 Å². The van der Waals surface area contributed by atoms with Crippen molar-refractivity contribution in [3.05, 3.63) is 29.8 Å². The summed E-state index contributed by atoms with van der Waals surface area (Å²) in [7, 11) is 0. The van der Waals surface area contributed by atoms with Crippen LogP contribution in [-0.4, -0.2) is 31.6 Å². The summed E-state index contributed by atoms with van der Waals surface area (Å²) >= 11 is 0. The molecule has 1 aromatic carbocycles. The number of nitrogens with one attached hydrogen (secondary N) is 3. The maximum Gasteiger partial charge on any atom is 0.251 e. The van der Waals surface area contributed by atoms with Gasteiger partial charge in [0.1, 0.15) is 0 Å². The highest BCUT2D eigenvalue weighted by Crippen LogP contribution is 2.14. The molecule has 4 nitrogen and oxygen atoms in total. The van der Waals surface area contributed by atoms with Crippen molar-refractivity contribution in [3.8, 4) is 0 Å². The molecule has 0 radical (unpaired) electrons. The Balaban J connectivity index is 2.00. The fraction of sp³-hybridized carbons (Fsp3) is 0.500. The van der Waals surface area contributed by atoms with Gasteiger partial charge in [0.2, 0.25) is 0 Å². The second kappa shape index (κ2) is 6.40. The number of piperidine rings is 1. The van der Waals surface area contributed by atoms with Crippen LogP contribution in [0.2, 0.25) is 0 Å². The van der Waals surface area contributed by atoms with Crippen LogP contribution in [0, 0.1) is 0 Å². The Morgan fingerprint density at radius 2 is 2.39 bits per heavy atom. The van der Waals surface area contributed by atoms with Gasteiger partial charge < -0.3 is 16.0 Å². The summed E-state index contributed by atoms with van der Waals surface area (Å²) in [5.74, 6) is -0.0112. The Kier molecular flexibility index (Phi) is 4.59. The first-order valence-corrected chi connectivity index (χ1v) is 6.65. The van der Waals surface area contributed by atoms with Gasteiger partial charge in [-0.05, 0) is 44.5 Å². The Morgan fingerprint density at radius 1 is 1.50 bits per heavy atom. The average Bonchev–Trinajstić information content (AvgIpc) is 2.40. The summed E-state index contributed by atoms with van der Waals surface area (Å²) in [5, 5.41) is 9.66. The lowest BCUT2D eigenvalue weighted by Gasteiger charge is -2.25. The smallest absolute Gasteiger partial charge is 0.251 e. The Morgan fingerprint density at radius 3 is 3.11 bits per heavy atom. The first-order valence-electron chi connectivity index (χ1n) is 6.65. The molecule has 0 aromatic heterocycles. The highest BCUT2D eigenvalue weighted by Gasteiger charge is 2.13. The maximum atomic E-state index is 11.7. The number of amides is 1. The number of hydrogen-bond acceptors (Lipinski definition) is 3. The highest BCUT2D eigenvalue weighted by atomic mass is 16.1. The molecule has 1 fully saturated rings. The van der Waals surface area contributed by atoms with Gasteiger partial charge in [0, 0.05) is 30.4 Å². The normalized spacial score (nSPS) is 19.3. The molecule has 2 rings (SSSR count). The van der Waals surface area contributed by atoms with Crippen molar-refractivity contribution >= 4 is 11.6 Å². The van der Waals surface area contributed by atoms with E-state index in [0.717, 1.165) is 18.8 Å². The fourth-order valence-electron chi connectivity index (χ4n) is 2.22. The van der Waals surface area contributed by atoms with Crippen molar-refractivity contribution in [1.82, 2.24) is 10.6 Å². The number of rotatable bonds is 4. The largest absolute Gasteiger partial charge is 0.381 e. The third kappa shape index (κ3) is 3.47. The summed E-state index contributed by atoms with van der Waals surface area (Å²) < 4.78 is 0. The molecular weight excluding hydrogens is 226 g/mol. The average molecular weight is 247 g/mol. The van der Waals surface area contributed by atoms with Gasteiger partial charge in [-0.15, -0.1) is 0 Å². The topological polar surface area (TPSA) is 53.2 Å². The molecule has 1 aliphatic rings. The van der Waals surface area contributed by atoms with E-state index >= 15 is 0 Å². The van der Waals surface area contributed by atoms with E-state index in [9.17, 15) is 4.79 Å². The van der Waals surface area contributed by atoms with E-state index in [1.54, 1.807) is 0 Å². The van der Waals surface area contributed by atoms with E-state index in [1.807, 2.05) is 31.2 Å². The zero-order valence-corrected chi connectivity index (χ0v) is 10.8. The van der Waals surface area contributed by atoms with Gasteiger partial charge in [-0.25, -0.2) is 0 Å². The minimum Gasteiger partial charge on any atom is -0.381 e. The van der Waals surface area contributed by atoms with Crippen molar-refractivity contribution < 1.29 is 4.79 Å². The van der Waals surface area contributed by atoms with Gasteiger partial charge in [-0.2, -0.15) is 0 Å². The monoisotopic (exact) mass is 247 g/mol. The summed E-state index contributed by atoms with van der Waals surface area (Å²) in [6.07, 6.45) is 2.38. The van der Waals surface area contributed by atoms with Crippen molar-refractivity contribution in [1.29, 1.82) is 0 Å². The quantitative estimate of drug-likeness (QED) is 0.757. The third-order valence-electron chi connectivity index (χ3n) is 3.13. The zero-order valence-electron chi connectivity index (χ0n) is 10.8. The van der Waals surface area contributed by atoms with Crippen LogP contribution in [-0.2, 0) is 0 Å². The van der Waals surface area contributed by atoms with E-state index in [2.05, 4.69) is 16.0 Å². The predicted octanol–water partition coefficient (Wildman–Crippen LogP) is 1.60. The molecule has 18 heavy (non-hydrogen) atoms. The first-order chi connectivity index (χ1) is 8.79. The van der Waals surface area contributed by atoms with Crippen molar-refractivity contribution in [3.63, 3.8) is 0 Å². The number of hydrogen-bond donors (Lipinski definition) is 3. The zero-order chi connectivity index (χ0) is 12.8. The van der Waals surface area contributed by atoms with Crippen molar-refractivity contribution in [2.24, 2.45) is 0 Å². The third-order valence-corrected chi connectivity index (χ3v) is 3.13. The lowest BCUT2D eigenvalue weighted by atomic mass is 10.1. The number of benzene rings is 1. The predicted molar refractivity (Wildman–Crippen MR) is 74.0 cm³/mol. The number of carbonyl (C=O) groups is 1. The van der Waals surface area contributed by atoms with E-state index in [1.165, 1.54) is 12.8 Å². The summed E-state index contributed by atoms with van der Waals surface area (Å²) in [4.78, 5) is 11.7. The minimum absolute atomic E-state index is 0.0112. The lowest BCUT2D eigenvalue weighted by Crippen LogP contribution is -2.38. The van der Waals surface area contributed by atoms with E-state index in [0.29, 0.717) is 18.2 Å². The Labute approximate surface area is 108 Å². The van der Waals surface area contributed by atoms with Crippen LogP contribution in [0.25, 0.3) is 0 Å². The SMILES string of the molecule is CCNC(=O)c1cccc(NC2CCCNC2)c1. The van der Waals surface area contributed by atoms with E-state index < -0.39 is 0 Å². The molecule has 4 heteroatoms. The molecule has 1 unspecified atom stereocenters. The molecule has 0 aliphatic carbocycles. The van der Waals surface area contributed by atoms with Gasteiger partial charge >= 0.3 is 0 Å². The molecule has 0 bridgehead atoms.